The fourth-order valence-corrected chi connectivity index (χ4v) is 4.33. The normalized spacial score (nSPS) is 11.5. The summed E-state index contributed by atoms with van der Waals surface area (Å²) in [5, 5.41) is 6.43. The number of alkyl halides is 3. The maximum Gasteiger partial charge on any atom is 0.573 e. The van der Waals surface area contributed by atoms with Crippen molar-refractivity contribution in [2.45, 2.75) is 6.36 Å². The van der Waals surface area contributed by atoms with Crippen LogP contribution in [0.15, 0.2) is 61.4 Å². The number of nitrogens with zero attached hydrogens (tertiary/aromatic N) is 5. The second-order valence-corrected chi connectivity index (χ2v) is 9.76. The Hall–Kier alpha value is -4.78. The molecule has 0 saturated heterocycles. The Balaban J connectivity index is 1.77. The van der Waals surface area contributed by atoms with E-state index < -0.39 is 18.0 Å². The number of hydrogen-bond donors (Lipinski definition) is 2. The molecule has 0 bridgehead atoms. The second-order valence-electron chi connectivity index (χ2n) is 9.76. The number of fused-ring (bicyclic) bond motifs is 1. The average molecular weight is 584 g/mol. The third-order valence-electron chi connectivity index (χ3n) is 6.44. The Kier molecular flexibility index (Phi) is 8.90. The minimum atomic E-state index is -4.98. The van der Waals surface area contributed by atoms with Crippen LogP contribution in [0.1, 0.15) is 0 Å². The van der Waals surface area contributed by atoms with E-state index in [0.717, 1.165) is 22.5 Å². The van der Waals surface area contributed by atoms with Crippen LogP contribution in [-0.4, -0.2) is 73.0 Å². The van der Waals surface area contributed by atoms with E-state index in [9.17, 15) is 18.0 Å². The summed E-state index contributed by atoms with van der Waals surface area (Å²) in [6, 6.07) is 9.92. The molecule has 2 heterocycles. The summed E-state index contributed by atoms with van der Waals surface area (Å²) in [5.74, 6) is -0.317. The molecule has 42 heavy (non-hydrogen) atoms. The maximum atomic E-state index is 13.5. The van der Waals surface area contributed by atoms with E-state index in [-0.39, 0.29) is 17.3 Å². The van der Waals surface area contributed by atoms with Gasteiger partial charge < -0.3 is 34.5 Å². The number of methoxy groups -OCH3 is 1. The Labute approximate surface area is 241 Å². The van der Waals surface area contributed by atoms with Crippen molar-refractivity contribution in [1.29, 1.82) is 0 Å². The van der Waals surface area contributed by atoms with Crippen LogP contribution in [-0.2, 0) is 11.8 Å². The third kappa shape index (κ3) is 7.10. The molecule has 2 N–H and O–H groups in total. The molecule has 10 nitrogen and oxygen atoms in total. The highest BCUT2D eigenvalue weighted by Gasteiger charge is 2.33. The first-order valence-corrected chi connectivity index (χ1v) is 12.8. The number of rotatable bonds is 11. The van der Waals surface area contributed by atoms with Gasteiger partial charge in [-0.2, -0.15) is 0 Å². The van der Waals surface area contributed by atoms with Crippen LogP contribution in [0.2, 0.25) is 0 Å². The van der Waals surface area contributed by atoms with E-state index in [1.807, 2.05) is 55.0 Å². The molecule has 0 aliphatic carbocycles. The fraction of sp³-hybridized carbons (Fsp3) is 0.276. The average Bonchev–Trinajstić information content (AvgIpc) is 3.27. The highest BCUT2D eigenvalue weighted by atomic mass is 19.4. The lowest BCUT2D eigenvalue weighted by Gasteiger charge is -2.26. The topological polar surface area (TPSA) is 96.8 Å². The van der Waals surface area contributed by atoms with Gasteiger partial charge in [0.2, 0.25) is 11.9 Å². The molecular formula is C29H32F3N7O3. The van der Waals surface area contributed by atoms with Gasteiger partial charge in [-0.3, -0.25) is 4.79 Å². The molecule has 4 rings (SSSR count). The zero-order valence-electron chi connectivity index (χ0n) is 23.9. The van der Waals surface area contributed by atoms with Crippen LogP contribution in [0.4, 0.5) is 36.2 Å². The van der Waals surface area contributed by atoms with Crippen LogP contribution >= 0.6 is 0 Å². The standard InChI is InChI=1S/C29H32F3N7O3/c1-7-27(40)34-22-15-23(26(42-29(30,31)32)16-25(22)38(4)13-12-37(2)3)36-28-33-11-10-21(35-28)20-17-39(5)24-14-18(41-6)8-9-19(20)24/h7-11,14-17H,1,12-13H2,2-6H3,(H,34,40)(H,33,35,36). The summed E-state index contributed by atoms with van der Waals surface area (Å²) in [5.41, 5.74) is 2.71. The summed E-state index contributed by atoms with van der Waals surface area (Å²) in [4.78, 5) is 24.7. The Morgan fingerprint density at radius 3 is 2.55 bits per heavy atom. The molecule has 0 spiro atoms. The van der Waals surface area contributed by atoms with E-state index in [0.29, 0.717) is 30.2 Å². The predicted molar refractivity (Wildman–Crippen MR) is 158 cm³/mol. The molecule has 0 aliphatic rings. The number of nitrogens with one attached hydrogen (secondary N) is 2. The lowest BCUT2D eigenvalue weighted by molar-refractivity contribution is -0.274. The number of aromatic nitrogens is 3. The maximum absolute atomic E-state index is 13.5. The molecule has 0 atom stereocenters. The minimum absolute atomic E-state index is 0.0275. The van der Waals surface area contributed by atoms with Gasteiger partial charge in [0.25, 0.3) is 0 Å². The van der Waals surface area contributed by atoms with Crippen molar-refractivity contribution in [1.82, 2.24) is 19.4 Å². The van der Waals surface area contributed by atoms with Crippen LogP contribution < -0.4 is 25.0 Å². The second kappa shape index (κ2) is 12.4. The number of carbonyl (C=O) groups is 1. The number of anilines is 4. The van der Waals surface area contributed by atoms with Gasteiger partial charge in [0, 0.05) is 62.7 Å². The number of hydrogen-bond acceptors (Lipinski definition) is 8. The Bertz CT molecular complexity index is 1600. The third-order valence-corrected chi connectivity index (χ3v) is 6.44. The molecule has 2 aromatic heterocycles. The minimum Gasteiger partial charge on any atom is -0.497 e. The van der Waals surface area contributed by atoms with Gasteiger partial charge in [0.05, 0.1) is 35.4 Å². The summed E-state index contributed by atoms with van der Waals surface area (Å²) in [6.07, 6.45) is -0.505. The lowest BCUT2D eigenvalue weighted by atomic mass is 10.1. The van der Waals surface area contributed by atoms with Crippen molar-refractivity contribution < 1.29 is 27.4 Å². The smallest absolute Gasteiger partial charge is 0.497 e. The summed E-state index contributed by atoms with van der Waals surface area (Å²) < 4.78 is 52.2. The van der Waals surface area contributed by atoms with Crippen molar-refractivity contribution in [2.24, 2.45) is 7.05 Å². The molecule has 222 valence electrons. The van der Waals surface area contributed by atoms with Gasteiger partial charge in [-0.25, -0.2) is 9.97 Å². The molecule has 13 heteroatoms. The number of ether oxygens (including phenoxy) is 2. The Morgan fingerprint density at radius 1 is 1.12 bits per heavy atom. The molecular weight excluding hydrogens is 551 g/mol. The molecule has 1 amide bonds. The highest BCUT2D eigenvalue weighted by molar-refractivity contribution is 6.02. The van der Waals surface area contributed by atoms with E-state index in [2.05, 4.69) is 31.9 Å². The van der Waals surface area contributed by atoms with Gasteiger partial charge in [-0.05, 0) is 44.4 Å². The van der Waals surface area contributed by atoms with E-state index in [4.69, 9.17) is 4.74 Å². The predicted octanol–water partition coefficient (Wildman–Crippen LogP) is 5.41. The summed E-state index contributed by atoms with van der Waals surface area (Å²) in [7, 11) is 8.94. The first-order chi connectivity index (χ1) is 19.9. The quantitative estimate of drug-likeness (QED) is 0.227. The largest absolute Gasteiger partial charge is 0.573 e. The van der Waals surface area contributed by atoms with Crippen molar-refractivity contribution in [3.63, 3.8) is 0 Å². The van der Waals surface area contributed by atoms with E-state index in [1.165, 1.54) is 18.3 Å². The van der Waals surface area contributed by atoms with Crippen molar-refractivity contribution in [3.8, 4) is 22.8 Å². The van der Waals surface area contributed by atoms with Crippen LogP contribution in [0.5, 0.6) is 11.5 Å². The summed E-state index contributed by atoms with van der Waals surface area (Å²) in [6.45, 7) is 4.54. The van der Waals surface area contributed by atoms with E-state index >= 15 is 0 Å². The monoisotopic (exact) mass is 583 g/mol. The Morgan fingerprint density at radius 2 is 1.88 bits per heavy atom. The molecule has 0 fully saturated rings. The lowest BCUT2D eigenvalue weighted by Crippen LogP contribution is -2.29. The number of benzene rings is 2. The van der Waals surface area contributed by atoms with Crippen molar-refractivity contribution in [3.05, 3.63) is 61.4 Å². The summed E-state index contributed by atoms with van der Waals surface area (Å²) >= 11 is 0. The van der Waals surface area contributed by atoms with Gasteiger partial charge in [0.15, 0.2) is 5.75 Å². The van der Waals surface area contributed by atoms with Gasteiger partial charge in [0.1, 0.15) is 5.75 Å². The fourth-order valence-electron chi connectivity index (χ4n) is 4.33. The number of likely N-dealkylation sites (N-methyl/N-ethyl adjacent to an activating group) is 2. The number of aryl methyl sites for hydroxylation is 1. The number of carbonyl (C=O) groups excluding carboxylic acids is 1. The zero-order chi connectivity index (χ0) is 30.6. The van der Waals surface area contributed by atoms with Gasteiger partial charge in [-0.15, -0.1) is 13.2 Å². The molecule has 0 radical (unpaired) electrons. The molecule has 0 unspecified atom stereocenters. The van der Waals surface area contributed by atoms with Crippen LogP contribution in [0.3, 0.4) is 0 Å². The number of amides is 1. The van der Waals surface area contributed by atoms with Gasteiger partial charge in [-0.1, -0.05) is 6.58 Å². The molecule has 4 aromatic rings. The van der Waals surface area contributed by atoms with Crippen molar-refractivity contribution in [2.75, 3.05) is 56.9 Å². The number of halogens is 3. The first-order valence-electron chi connectivity index (χ1n) is 12.8. The van der Waals surface area contributed by atoms with E-state index in [1.54, 1.807) is 25.1 Å². The highest BCUT2D eigenvalue weighted by Crippen LogP contribution is 2.40. The SMILES string of the molecule is C=CC(=O)Nc1cc(Nc2nccc(-c3cn(C)c4cc(OC)ccc34)n2)c(OC(F)(F)F)cc1N(C)CCN(C)C. The van der Waals surface area contributed by atoms with Gasteiger partial charge >= 0.3 is 6.36 Å². The first kappa shape index (κ1) is 30.2. The zero-order valence-corrected chi connectivity index (χ0v) is 23.9. The van der Waals surface area contributed by atoms with Crippen LogP contribution in [0, 0.1) is 0 Å². The molecule has 0 aliphatic heterocycles. The van der Waals surface area contributed by atoms with Crippen molar-refractivity contribution >= 4 is 39.8 Å². The molecule has 2 aromatic carbocycles. The molecule has 0 saturated carbocycles. The van der Waals surface area contributed by atoms with Crippen LogP contribution in [0.25, 0.3) is 22.2 Å².